The molecule has 0 radical (unpaired) electrons. The summed E-state index contributed by atoms with van der Waals surface area (Å²) < 4.78 is 0. The Morgan fingerprint density at radius 2 is 1.67 bits per heavy atom. The van der Waals surface area contributed by atoms with Crippen molar-refractivity contribution in [3.05, 3.63) is 66.0 Å². The highest BCUT2D eigenvalue weighted by atomic mass is 16.1. The number of hydrogen-bond acceptors (Lipinski definition) is 5. The Balaban J connectivity index is 1.58. The normalized spacial score (nSPS) is 24.8. The average molecular weight is 449 g/mol. The van der Waals surface area contributed by atoms with E-state index < -0.39 is 5.54 Å². The van der Waals surface area contributed by atoms with Crippen LogP contribution in [0.1, 0.15) is 56.6 Å². The quantitative estimate of drug-likeness (QED) is 0.589. The fourth-order valence-corrected chi connectivity index (χ4v) is 5.85. The van der Waals surface area contributed by atoms with Crippen molar-refractivity contribution in [1.29, 1.82) is 0 Å². The van der Waals surface area contributed by atoms with E-state index in [0.717, 1.165) is 58.7 Å². The van der Waals surface area contributed by atoms with Gasteiger partial charge in [-0.1, -0.05) is 50.2 Å². The summed E-state index contributed by atoms with van der Waals surface area (Å²) in [6.45, 7) is 16.1. The van der Waals surface area contributed by atoms with Crippen LogP contribution in [0.5, 0.6) is 0 Å². The molecule has 5 nitrogen and oxygen atoms in total. The van der Waals surface area contributed by atoms with Gasteiger partial charge in [-0.2, -0.15) is 0 Å². The summed E-state index contributed by atoms with van der Waals surface area (Å²) in [5.74, 6) is 0.869. The lowest BCUT2D eigenvalue weighted by atomic mass is 9.72. The molecule has 0 saturated carbocycles. The molecule has 178 valence electrons. The van der Waals surface area contributed by atoms with Gasteiger partial charge in [0.15, 0.2) is 0 Å². The van der Waals surface area contributed by atoms with Crippen LogP contribution in [0.25, 0.3) is 0 Å². The van der Waals surface area contributed by atoms with Gasteiger partial charge in [0.2, 0.25) is 5.78 Å². The summed E-state index contributed by atoms with van der Waals surface area (Å²) >= 11 is 0. The second-order valence-corrected chi connectivity index (χ2v) is 10.9. The number of benzene rings is 1. The van der Waals surface area contributed by atoms with Crippen molar-refractivity contribution in [3.8, 4) is 0 Å². The lowest BCUT2D eigenvalue weighted by Gasteiger charge is -2.56. The first kappa shape index (κ1) is 24.1. The van der Waals surface area contributed by atoms with E-state index in [4.69, 9.17) is 0 Å². The number of carbonyl (C=O) groups is 1. The summed E-state index contributed by atoms with van der Waals surface area (Å²) in [4.78, 5) is 26.2. The monoisotopic (exact) mass is 448 g/mol. The van der Waals surface area contributed by atoms with Gasteiger partial charge in [-0.05, 0) is 50.3 Å². The third kappa shape index (κ3) is 5.37. The minimum absolute atomic E-state index is 0.0897. The first-order valence-corrected chi connectivity index (χ1v) is 12.5. The highest BCUT2D eigenvalue weighted by Crippen LogP contribution is 2.41. The van der Waals surface area contributed by atoms with Crippen molar-refractivity contribution < 1.29 is 4.79 Å². The van der Waals surface area contributed by atoms with Crippen molar-refractivity contribution >= 4 is 5.78 Å². The number of aromatic nitrogens is 1. The molecule has 0 amide bonds. The molecule has 3 heterocycles. The van der Waals surface area contributed by atoms with Gasteiger partial charge in [0.25, 0.3) is 0 Å². The van der Waals surface area contributed by atoms with Crippen LogP contribution < -0.4 is 0 Å². The van der Waals surface area contributed by atoms with Gasteiger partial charge in [0.1, 0.15) is 5.69 Å². The van der Waals surface area contributed by atoms with E-state index >= 15 is 0 Å². The van der Waals surface area contributed by atoms with Crippen molar-refractivity contribution in [2.24, 2.45) is 5.92 Å². The van der Waals surface area contributed by atoms with Gasteiger partial charge in [-0.25, -0.2) is 0 Å². The molecule has 4 rings (SSSR count). The highest BCUT2D eigenvalue weighted by Gasteiger charge is 2.52. The molecule has 0 spiro atoms. The number of hydrogen-bond donors (Lipinski definition) is 0. The van der Waals surface area contributed by atoms with Crippen LogP contribution in [-0.2, 0) is 6.54 Å². The summed E-state index contributed by atoms with van der Waals surface area (Å²) in [7, 11) is 0. The summed E-state index contributed by atoms with van der Waals surface area (Å²) in [6, 6.07) is 16.4. The summed E-state index contributed by atoms with van der Waals surface area (Å²) in [5.41, 5.74) is 1.36. The largest absolute Gasteiger partial charge is 0.301 e. The minimum Gasteiger partial charge on any atom is -0.301 e. The molecule has 0 N–H and O–H groups in total. The third-order valence-corrected chi connectivity index (χ3v) is 7.51. The molecule has 2 aromatic rings. The third-order valence-electron chi connectivity index (χ3n) is 7.51. The number of nitrogens with zero attached hydrogens (tertiary/aromatic N) is 4. The number of ketones is 1. The second-order valence-electron chi connectivity index (χ2n) is 10.9. The van der Waals surface area contributed by atoms with E-state index in [1.165, 1.54) is 5.56 Å². The van der Waals surface area contributed by atoms with Gasteiger partial charge >= 0.3 is 0 Å². The van der Waals surface area contributed by atoms with Crippen molar-refractivity contribution in [3.63, 3.8) is 0 Å². The Bertz CT molecular complexity index is 906. The Hall–Kier alpha value is -2.08. The predicted molar refractivity (Wildman–Crippen MR) is 134 cm³/mol. The smallest absolute Gasteiger partial charge is 0.201 e. The standard InChI is InChI=1S/C28H40N4O/c1-23(2)20-30-16-18-31(19-17-30)28(26(33)25-12-8-9-14-29-25)13-15-32(27(3,4)22-28)21-24-10-6-5-7-11-24/h5-12,14,23H,13,15-22H2,1-4H3. The zero-order chi connectivity index (χ0) is 23.5. The van der Waals surface area contributed by atoms with E-state index in [1.807, 2.05) is 18.2 Å². The maximum atomic E-state index is 14.1. The summed E-state index contributed by atoms with van der Waals surface area (Å²) in [6.07, 6.45) is 3.42. The molecule has 0 bridgehead atoms. The number of Topliss-reactive ketones (excluding diaryl/α,β-unsaturated/α-hetero) is 1. The number of carbonyl (C=O) groups excluding carboxylic acids is 1. The van der Waals surface area contributed by atoms with Crippen molar-refractivity contribution in [2.45, 2.75) is 58.2 Å². The Labute approximate surface area is 199 Å². The van der Waals surface area contributed by atoms with Crippen LogP contribution in [0.3, 0.4) is 0 Å². The highest BCUT2D eigenvalue weighted by molar-refractivity contribution is 6.02. The number of piperidine rings is 1. The molecule has 1 aromatic heterocycles. The first-order valence-electron chi connectivity index (χ1n) is 12.5. The fourth-order valence-electron chi connectivity index (χ4n) is 5.85. The predicted octanol–water partition coefficient (Wildman–Crippen LogP) is 4.35. The van der Waals surface area contributed by atoms with Crippen LogP contribution in [0.15, 0.2) is 54.7 Å². The second kappa shape index (κ2) is 10.0. The molecule has 1 aromatic carbocycles. The van der Waals surface area contributed by atoms with Gasteiger partial charge < -0.3 is 4.90 Å². The lowest BCUT2D eigenvalue weighted by Crippen LogP contribution is -2.68. The molecule has 1 atom stereocenters. The van der Waals surface area contributed by atoms with Gasteiger partial charge in [-0.3, -0.25) is 19.6 Å². The topological polar surface area (TPSA) is 39.7 Å². The molecular weight excluding hydrogens is 408 g/mol. The molecule has 2 aliphatic heterocycles. The zero-order valence-electron chi connectivity index (χ0n) is 20.8. The van der Waals surface area contributed by atoms with Crippen molar-refractivity contribution in [2.75, 3.05) is 39.3 Å². The molecular formula is C28H40N4O. The van der Waals surface area contributed by atoms with E-state index in [2.05, 4.69) is 77.7 Å². The van der Waals surface area contributed by atoms with Crippen LogP contribution in [0.2, 0.25) is 0 Å². The Kier molecular flexibility index (Phi) is 7.32. The molecule has 2 fully saturated rings. The number of likely N-dealkylation sites (tertiary alicyclic amines) is 1. The van der Waals surface area contributed by atoms with E-state index in [0.29, 0.717) is 11.6 Å². The van der Waals surface area contributed by atoms with Crippen LogP contribution in [-0.4, -0.2) is 75.8 Å². The summed E-state index contributed by atoms with van der Waals surface area (Å²) in [5, 5.41) is 0. The molecule has 5 heteroatoms. The Morgan fingerprint density at radius 1 is 0.970 bits per heavy atom. The molecule has 33 heavy (non-hydrogen) atoms. The molecule has 2 saturated heterocycles. The maximum Gasteiger partial charge on any atom is 0.201 e. The van der Waals surface area contributed by atoms with Crippen LogP contribution in [0.4, 0.5) is 0 Å². The van der Waals surface area contributed by atoms with Gasteiger partial charge in [0, 0.05) is 57.5 Å². The van der Waals surface area contributed by atoms with Gasteiger partial charge in [0.05, 0.1) is 5.54 Å². The molecule has 2 aliphatic rings. The number of rotatable bonds is 7. The van der Waals surface area contributed by atoms with Crippen molar-refractivity contribution in [1.82, 2.24) is 19.7 Å². The van der Waals surface area contributed by atoms with Crippen LogP contribution >= 0.6 is 0 Å². The van der Waals surface area contributed by atoms with E-state index in [9.17, 15) is 4.79 Å². The maximum absolute atomic E-state index is 14.1. The van der Waals surface area contributed by atoms with E-state index in [-0.39, 0.29) is 11.3 Å². The van der Waals surface area contributed by atoms with Crippen LogP contribution in [0, 0.1) is 5.92 Å². The first-order chi connectivity index (χ1) is 15.8. The average Bonchev–Trinajstić information content (AvgIpc) is 2.81. The number of piperazine rings is 1. The van der Waals surface area contributed by atoms with E-state index in [1.54, 1.807) is 6.20 Å². The fraction of sp³-hybridized carbons (Fsp3) is 0.571. The Morgan fingerprint density at radius 3 is 2.27 bits per heavy atom. The zero-order valence-corrected chi connectivity index (χ0v) is 20.8. The molecule has 0 aliphatic carbocycles. The number of pyridine rings is 1. The lowest BCUT2D eigenvalue weighted by molar-refractivity contribution is -0.0475. The molecule has 1 unspecified atom stereocenters. The SMILES string of the molecule is CC(C)CN1CCN(C2(C(=O)c3ccccn3)CCN(Cc3ccccc3)C(C)(C)C2)CC1. The minimum atomic E-state index is -0.491. The van der Waals surface area contributed by atoms with Gasteiger partial charge in [-0.15, -0.1) is 0 Å².